The van der Waals surface area contributed by atoms with Gasteiger partial charge < -0.3 is 5.11 Å². The summed E-state index contributed by atoms with van der Waals surface area (Å²) in [7, 11) is 0. The lowest BCUT2D eigenvalue weighted by atomic mass is 10.0. The van der Waals surface area contributed by atoms with Gasteiger partial charge in [0.1, 0.15) is 0 Å². The maximum Gasteiger partial charge on any atom is 0.306 e. The Balaban J connectivity index is 2.19. The van der Waals surface area contributed by atoms with E-state index in [0.717, 1.165) is 6.42 Å². The molecule has 2 nitrogen and oxygen atoms in total. The second-order valence-corrected chi connectivity index (χ2v) is 6.83. The smallest absolute Gasteiger partial charge is 0.306 e. The molecule has 2 heteroatoms. The molecule has 1 aromatic carbocycles. The van der Waals surface area contributed by atoms with Gasteiger partial charge in [0.05, 0.1) is 5.92 Å². The molecule has 24 heavy (non-hydrogen) atoms. The summed E-state index contributed by atoms with van der Waals surface area (Å²) in [5, 5.41) is 8.85. The van der Waals surface area contributed by atoms with Gasteiger partial charge in [-0.15, -0.1) is 0 Å². The Morgan fingerprint density at radius 2 is 1.67 bits per heavy atom. The largest absolute Gasteiger partial charge is 0.481 e. The highest BCUT2D eigenvalue weighted by Crippen LogP contribution is 2.13. The van der Waals surface area contributed by atoms with Crippen molar-refractivity contribution in [3.05, 3.63) is 41.5 Å². The molecule has 0 spiro atoms. The number of hydrogen-bond donors (Lipinski definition) is 1. The lowest BCUT2D eigenvalue weighted by Crippen LogP contribution is -2.08. The maximum atomic E-state index is 10.8. The number of rotatable bonds is 13. The van der Waals surface area contributed by atoms with Crippen LogP contribution in [0.1, 0.15) is 82.8 Å². The molecule has 0 heterocycles. The van der Waals surface area contributed by atoms with E-state index in [2.05, 4.69) is 43.3 Å². The van der Waals surface area contributed by atoms with Crippen molar-refractivity contribution in [3.63, 3.8) is 0 Å². The lowest BCUT2D eigenvalue weighted by Gasteiger charge is -2.04. The molecular weight excluding hydrogens is 296 g/mol. The van der Waals surface area contributed by atoms with Crippen LogP contribution in [0.4, 0.5) is 0 Å². The Morgan fingerprint density at radius 1 is 1.04 bits per heavy atom. The third-order valence-electron chi connectivity index (χ3n) is 4.55. The molecule has 0 aromatic heterocycles. The second-order valence-electron chi connectivity index (χ2n) is 6.83. The number of carbonyl (C=O) groups is 1. The number of unbranched alkanes of at least 4 members (excludes halogenated alkanes) is 6. The number of benzene rings is 1. The summed E-state index contributed by atoms with van der Waals surface area (Å²) in [6.07, 6.45) is 16.3. The summed E-state index contributed by atoms with van der Waals surface area (Å²) in [6, 6.07) is 8.76. The van der Waals surface area contributed by atoms with E-state index >= 15 is 0 Å². The Kier molecular flexibility index (Phi) is 10.9. The number of hydrogen-bond acceptors (Lipinski definition) is 1. The van der Waals surface area contributed by atoms with E-state index in [0.29, 0.717) is 6.42 Å². The van der Waals surface area contributed by atoms with Crippen LogP contribution in [-0.4, -0.2) is 11.1 Å². The van der Waals surface area contributed by atoms with E-state index in [1.54, 1.807) is 6.92 Å². The first-order chi connectivity index (χ1) is 11.6. The van der Waals surface area contributed by atoms with Crippen LogP contribution in [0.25, 0.3) is 6.08 Å². The molecule has 1 rings (SSSR count). The molecule has 0 saturated heterocycles. The Morgan fingerprint density at radius 3 is 2.29 bits per heavy atom. The minimum absolute atomic E-state index is 0.265. The van der Waals surface area contributed by atoms with E-state index in [4.69, 9.17) is 5.11 Å². The van der Waals surface area contributed by atoms with Gasteiger partial charge >= 0.3 is 5.97 Å². The van der Waals surface area contributed by atoms with Gasteiger partial charge in [0.2, 0.25) is 0 Å². The normalized spacial score (nSPS) is 12.6. The van der Waals surface area contributed by atoms with Crippen molar-refractivity contribution in [2.75, 3.05) is 0 Å². The first kappa shape index (κ1) is 20.5. The molecule has 0 bridgehead atoms. The summed E-state index contributed by atoms with van der Waals surface area (Å²) in [6.45, 7) is 4.02. The highest BCUT2D eigenvalue weighted by Gasteiger charge is 2.08. The van der Waals surface area contributed by atoms with E-state index in [1.807, 2.05) is 0 Å². The van der Waals surface area contributed by atoms with Crippen LogP contribution >= 0.6 is 0 Å². The number of carboxylic acid groups (broad SMARTS) is 1. The zero-order valence-corrected chi connectivity index (χ0v) is 15.5. The van der Waals surface area contributed by atoms with Crippen LogP contribution in [0.3, 0.4) is 0 Å². The van der Waals surface area contributed by atoms with E-state index < -0.39 is 5.97 Å². The van der Waals surface area contributed by atoms with Crippen molar-refractivity contribution in [1.29, 1.82) is 0 Å². The molecule has 0 saturated carbocycles. The van der Waals surface area contributed by atoms with Crippen molar-refractivity contribution in [1.82, 2.24) is 0 Å². The van der Waals surface area contributed by atoms with Crippen molar-refractivity contribution in [2.24, 2.45) is 5.92 Å². The first-order valence-electron chi connectivity index (χ1n) is 9.61. The molecule has 0 amide bonds. The van der Waals surface area contributed by atoms with Gasteiger partial charge in [0, 0.05) is 0 Å². The van der Waals surface area contributed by atoms with Gasteiger partial charge in [-0.25, -0.2) is 0 Å². The summed E-state index contributed by atoms with van der Waals surface area (Å²) >= 11 is 0. The topological polar surface area (TPSA) is 37.3 Å². The lowest BCUT2D eigenvalue weighted by molar-refractivity contribution is -0.141. The van der Waals surface area contributed by atoms with Crippen LogP contribution in [0.2, 0.25) is 0 Å². The molecule has 1 aromatic rings. The molecular formula is C22H34O2. The minimum Gasteiger partial charge on any atom is -0.481 e. The predicted octanol–water partition coefficient (Wildman–Crippen LogP) is 6.49. The standard InChI is InChI=1S/C22H34O2/c1-3-4-5-6-7-8-9-13-20-15-17-21(18-16-20)14-11-10-12-19(2)22(23)24/h11,14-19H,3-10,12-13H2,1-2H3,(H,23,24). The highest BCUT2D eigenvalue weighted by molar-refractivity contribution is 5.69. The highest BCUT2D eigenvalue weighted by atomic mass is 16.4. The van der Waals surface area contributed by atoms with Crippen molar-refractivity contribution >= 4 is 12.0 Å². The number of carboxylic acids is 1. The summed E-state index contributed by atoms with van der Waals surface area (Å²) < 4.78 is 0. The first-order valence-corrected chi connectivity index (χ1v) is 9.61. The zero-order valence-electron chi connectivity index (χ0n) is 15.5. The summed E-state index contributed by atoms with van der Waals surface area (Å²) in [5.74, 6) is -0.975. The average molecular weight is 331 g/mol. The molecule has 0 aliphatic carbocycles. The zero-order chi connectivity index (χ0) is 17.6. The van der Waals surface area contributed by atoms with Gasteiger partial charge in [-0.3, -0.25) is 4.79 Å². The second kappa shape index (κ2) is 12.8. The van der Waals surface area contributed by atoms with E-state index in [1.165, 1.54) is 62.5 Å². The average Bonchev–Trinajstić information content (AvgIpc) is 2.58. The third kappa shape index (κ3) is 9.54. The molecule has 1 N–H and O–H groups in total. The molecule has 1 unspecified atom stereocenters. The minimum atomic E-state index is -0.710. The summed E-state index contributed by atoms with van der Waals surface area (Å²) in [5.41, 5.74) is 2.61. The Labute approximate surface area is 148 Å². The van der Waals surface area contributed by atoms with Crippen LogP contribution in [0.5, 0.6) is 0 Å². The van der Waals surface area contributed by atoms with Crippen molar-refractivity contribution < 1.29 is 9.90 Å². The monoisotopic (exact) mass is 330 g/mol. The summed E-state index contributed by atoms with van der Waals surface area (Å²) in [4.78, 5) is 10.8. The van der Waals surface area contributed by atoms with Crippen molar-refractivity contribution in [3.8, 4) is 0 Å². The molecule has 0 fully saturated rings. The van der Waals surface area contributed by atoms with E-state index in [-0.39, 0.29) is 5.92 Å². The molecule has 0 radical (unpaired) electrons. The van der Waals surface area contributed by atoms with Crippen LogP contribution < -0.4 is 0 Å². The fraction of sp³-hybridized carbons (Fsp3) is 0.591. The fourth-order valence-corrected chi connectivity index (χ4v) is 2.77. The number of allylic oxidation sites excluding steroid dienone is 1. The maximum absolute atomic E-state index is 10.8. The number of aryl methyl sites for hydroxylation is 1. The van der Waals surface area contributed by atoms with Gasteiger partial charge in [-0.05, 0) is 36.8 Å². The SMILES string of the molecule is CCCCCCCCCc1ccc(C=CCCC(C)C(=O)O)cc1. The van der Waals surface area contributed by atoms with Gasteiger partial charge in [0.25, 0.3) is 0 Å². The molecule has 0 aliphatic heterocycles. The Hall–Kier alpha value is -1.57. The van der Waals surface area contributed by atoms with Gasteiger partial charge in [-0.2, -0.15) is 0 Å². The molecule has 1 atom stereocenters. The van der Waals surface area contributed by atoms with Gasteiger partial charge in [-0.1, -0.05) is 88.8 Å². The van der Waals surface area contributed by atoms with Crippen LogP contribution in [0.15, 0.2) is 30.3 Å². The van der Waals surface area contributed by atoms with Crippen LogP contribution in [0, 0.1) is 5.92 Å². The molecule has 0 aliphatic rings. The Bertz CT molecular complexity index is 473. The third-order valence-corrected chi connectivity index (χ3v) is 4.55. The number of aliphatic carboxylic acids is 1. The van der Waals surface area contributed by atoms with E-state index in [9.17, 15) is 4.79 Å². The molecule has 134 valence electrons. The predicted molar refractivity (Wildman–Crippen MR) is 103 cm³/mol. The van der Waals surface area contributed by atoms with Crippen molar-refractivity contribution in [2.45, 2.75) is 78.1 Å². The fourth-order valence-electron chi connectivity index (χ4n) is 2.77. The quantitative estimate of drug-likeness (QED) is 0.419. The van der Waals surface area contributed by atoms with Crippen LogP contribution in [-0.2, 0) is 11.2 Å². The van der Waals surface area contributed by atoms with Gasteiger partial charge in [0.15, 0.2) is 0 Å².